The Morgan fingerprint density at radius 2 is 1.75 bits per heavy atom. The van der Waals surface area contributed by atoms with E-state index >= 15 is 0 Å². The highest BCUT2D eigenvalue weighted by atomic mass is 79.9. The van der Waals surface area contributed by atoms with Crippen LogP contribution in [0.2, 0.25) is 5.15 Å². The van der Waals surface area contributed by atoms with Gasteiger partial charge in [0.15, 0.2) is 5.82 Å². The Bertz CT molecular complexity index is 789. The molecular weight excluding hydrogens is 338 g/mol. The average molecular weight is 349 g/mol. The molecule has 0 atom stereocenters. The maximum atomic E-state index is 5.92. The fourth-order valence-electron chi connectivity index (χ4n) is 2.05. The summed E-state index contributed by atoms with van der Waals surface area (Å²) in [5.74, 6) is 0.560. The maximum Gasteiger partial charge on any atom is 0.155 e. The first-order valence-electron chi connectivity index (χ1n) is 6.01. The van der Waals surface area contributed by atoms with Crippen LogP contribution in [0.5, 0.6) is 0 Å². The van der Waals surface area contributed by atoms with Gasteiger partial charge in [-0.05, 0) is 29.7 Å². The number of anilines is 3. The second-order valence-corrected chi connectivity index (χ2v) is 5.58. The van der Waals surface area contributed by atoms with Gasteiger partial charge in [0, 0.05) is 15.5 Å². The highest BCUT2D eigenvalue weighted by Crippen LogP contribution is 2.32. The van der Waals surface area contributed by atoms with Crippen molar-refractivity contribution in [1.82, 2.24) is 4.98 Å². The van der Waals surface area contributed by atoms with Crippen LogP contribution in [0, 0.1) is 0 Å². The molecule has 0 radical (unpaired) electrons. The van der Waals surface area contributed by atoms with Crippen LogP contribution in [0.15, 0.2) is 53.0 Å². The van der Waals surface area contributed by atoms with Crippen molar-refractivity contribution in [3.63, 3.8) is 0 Å². The number of fused-ring (bicyclic) bond motifs is 1. The van der Waals surface area contributed by atoms with Crippen molar-refractivity contribution in [1.29, 1.82) is 0 Å². The van der Waals surface area contributed by atoms with Crippen LogP contribution >= 0.6 is 27.5 Å². The zero-order valence-corrected chi connectivity index (χ0v) is 12.7. The summed E-state index contributed by atoms with van der Waals surface area (Å²) in [5.41, 5.74) is 7.41. The van der Waals surface area contributed by atoms with Gasteiger partial charge in [0.25, 0.3) is 0 Å². The van der Waals surface area contributed by atoms with Crippen molar-refractivity contribution < 1.29 is 0 Å². The molecule has 100 valence electrons. The molecule has 3 rings (SSSR count). The summed E-state index contributed by atoms with van der Waals surface area (Å²) in [6.07, 6.45) is 0. The molecule has 0 spiro atoms. The van der Waals surface area contributed by atoms with Gasteiger partial charge in [-0.3, -0.25) is 0 Å². The second kappa shape index (κ2) is 5.31. The maximum absolute atomic E-state index is 5.92. The van der Waals surface area contributed by atoms with E-state index in [2.05, 4.69) is 32.3 Å². The van der Waals surface area contributed by atoms with Gasteiger partial charge in [-0.2, -0.15) is 0 Å². The third kappa shape index (κ3) is 2.44. The van der Waals surface area contributed by atoms with Crippen molar-refractivity contribution in [3.8, 4) is 0 Å². The summed E-state index contributed by atoms with van der Waals surface area (Å²) in [6, 6.07) is 15.5. The number of nitrogens with zero attached hydrogens (tertiary/aromatic N) is 1. The van der Waals surface area contributed by atoms with E-state index in [1.54, 1.807) is 12.1 Å². The molecule has 0 unspecified atom stereocenters. The highest BCUT2D eigenvalue weighted by molar-refractivity contribution is 9.10. The number of halogens is 2. The average Bonchev–Trinajstić information content (AvgIpc) is 2.46. The molecule has 0 saturated heterocycles. The second-order valence-electron chi connectivity index (χ2n) is 4.34. The fraction of sp³-hybridized carbons (Fsp3) is 0. The Morgan fingerprint density at radius 1 is 1.00 bits per heavy atom. The molecule has 0 fully saturated rings. The van der Waals surface area contributed by atoms with Gasteiger partial charge in [-0.25, -0.2) is 4.98 Å². The zero-order valence-electron chi connectivity index (χ0n) is 10.4. The van der Waals surface area contributed by atoms with Crippen LogP contribution in [-0.2, 0) is 0 Å². The monoisotopic (exact) mass is 347 g/mol. The molecule has 0 amide bonds. The smallest absolute Gasteiger partial charge is 0.155 e. The zero-order chi connectivity index (χ0) is 14.1. The van der Waals surface area contributed by atoms with Crippen LogP contribution < -0.4 is 11.1 Å². The SMILES string of the molecule is Nc1ccc(Cl)nc1Nc1ccc(Br)c2ccccc12. The first-order chi connectivity index (χ1) is 9.65. The van der Waals surface area contributed by atoms with Crippen molar-refractivity contribution in [2.45, 2.75) is 0 Å². The van der Waals surface area contributed by atoms with Gasteiger partial charge < -0.3 is 11.1 Å². The van der Waals surface area contributed by atoms with E-state index in [1.165, 1.54) is 0 Å². The first-order valence-corrected chi connectivity index (χ1v) is 7.18. The van der Waals surface area contributed by atoms with E-state index in [4.69, 9.17) is 17.3 Å². The Balaban J connectivity index is 2.11. The molecule has 1 heterocycles. The summed E-state index contributed by atoms with van der Waals surface area (Å²) < 4.78 is 1.05. The van der Waals surface area contributed by atoms with Crippen LogP contribution in [0.3, 0.4) is 0 Å². The van der Waals surface area contributed by atoms with E-state index in [0.717, 1.165) is 20.9 Å². The van der Waals surface area contributed by atoms with Gasteiger partial charge in [-0.1, -0.05) is 51.8 Å². The van der Waals surface area contributed by atoms with E-state index in [0.29, 0.717) is 16.7 Å². The topological polar surface area (TPSA) is 50.9 Å². The summed E-state index contributed by atoms with van der Waals surface area (Å²) >= 11 is 9.47. The number of nitrogen functional groups attached to an aromatic ring is 1. The lowest BCUT2D eigenvalue weighted by atomic mass is 10.1. The lowest BCUT2D eigenvalue weighted by Gasteiger charge is -2.12. The molecule has 3 aromatic rings. The lowest BCUT2D eigenvalue weighted by molar-refractivity contribution is 1.31. The highest BCUT2D eigenvalue weighted by Gasteiger charge is 2.07. The number of pyridine rings is 1. The predicted octanol–water partition coefficient (Wildman–Crippen LogP) is 4.98. The molecule has 5 heteroatoms. The van der Waals surface area contributed by atoms with Gasteiger partial charge in [0.05, 0.1) is 5.69 Å². The molecule has 3 N–H and O–H groups in total. The first kappa shape index (κ1) is 13.2. The summed E-state index contributed by atoms with van der Waals surface area (Å²) in [6.45, 7) is 0. The third-order valence-electron chi connectivity index (χ3n) is 3.02. The van der Waals surface area contributed by atoms with Gasteiger partial charge in [0.1, 0.15) is 5.15 Å². The van der Waals surface area contributed by atoms with E-state index in [1.807, 2.05) is 30.3 Å². The number of hydrogen-bond acceptors (Lipinski definition) is 3. The summed E-state index contributed by atoms with van der Waals surface area (Å²) in [4.78, 5) is 4.21. The Labute approximate surface area is 129 Å². The number of nitrogens with one attached hydrogen (secondary N) is 1. The van der Waals surface area contributed by atoms with Crippen LogP contribution in [0.4, 0.5) is 17.2 Å². The van der Waals surface area contributed by atoms with E-state index in [9.17, 15) is 0 Å². The third-order valence-corrected chi connectivity index (χ3v) is 3.92. The normalized spacial score (nSPS) is 10.7. The van der Waals surface area contributed by atoms with Crippen LogP contribution in [0.25, 0.3) is 10.8 Å². The summed E-state index contributed by atoms with van der Waals surface area (Å²) in [5, 5.41) is 5.86. The Kier molecular flexibility index (Phi) is 3.51. The molecule has 0 aliphatic carbocycles. The molecule has 20 heavy (non-hydrogen) atoms. The van der Waals surface area contributed by atoms with E-state index < -0.39 is 0 Å². The minimum atomic E-state index is 0.406. The minimum Gasteiger partial charge on any atom is -0.396 e. The van der Waals surface area contributed by atoms with Crippen molar-refractivity contribution in [3.05, 3.63) is 58.2 Å². The molecular formula is C15H11BrClN3. The predicted molar refractivity (Wildman–Crippen MR) is 88.6 cm³/mol. The van der Waals surface area contributed by atoms with Crippen molar-refractivity contribution >= 4 is 55.5 Å². The summed E-state index contributed by atoms with van der Waals surface area (Å²) in [7, 11) is 0. The molecule has 2 aromatic carbocycles. The standard InChI is InChI=1S/C15H11BrClN3/c16-11-5-7-13(10-4-2-1-3-9(10)11)19-15-12(18)6-8-14(17)20-15/h1-8H,18H2,(H,19,20). The molecule has 3 nitrogen and oxygen atoms in total. The molecule has 0 bridgehead atoms. The van der Waals surface area contributed by atoms with E-state index in [-0.39, 0.29) is 0 Å². The van der Waals surface area contributed by atoms with Gasteiger partial charge in [-0.15, -0.1) is 0 Å². The minimum absolute atomic E-state index is 0.406. The molecule has 0 aliphatic rings. The van der Waals surface area contributed by atoms with Gasteiger partial charge in [0.2, 0.25) is 0 Å². The largest absolute Gasteiger partial charge is 0.396 e. The van der Waals surface area contributed by atoms with Crippen molar-refractivity contribution in [2.24, 2.45) is 0 Å². The molecule has 0 aliphatic heterocycles. The number of benzene rings is 2. The number of rotatable bonds is 2. The Morgan fingerprint density at radius 3 is 2.55 bits per heavy atom. The lowest BCUT2D eigenvalue weighted by Crippen LogP contribution is -1.99. The molecule has 1 aromatic heterocycles. The quantitative estimate of drug-likeness (QED) is 0.642. The molecule has 0 saturated carbocycles. The van der Waals surface area contributed by atoms with Crippen molar-refractivity contribution in [2.75, 3.05) is 11.1 Å². The van der Waals surface area contributed by atoms with Crippen LogP contribution in [-0.4, -0.2) is 4.98 Å². The fourth-order valence-corrected chi connectivity index (χ4v) is 2.67. The van der Waals surface area contributed by atoms with Gasteiger partial charge >= 0.3 is 0 Å². The number of nitrogens with two attached hydrogens (primary N) is 1. The Hall–Kier alpha value is -1.78. The number of aromatic nitrogens is 1. The van der Waals surface area contributed by atoms with Crippen LogP contribution in [0.1, 0.15) is 0 Å². The number of hydrogen-bond donors (Lipinski definition) is 2.